The van der Waals surface area contributed by atoms with Crippen molar-refractivity contribution in [1.82, 2.24) is 0 Å². The summed E-state index contributed by atoms with van der Waals surface area (Å²) in [6.07, 6.45) is 8.02. The summed E-state index contributed by atoms with van der Waals surface area (Å²) in [5.74, 6) is 0. The van der Waals surface area contributed by atoms with Gasteiger partial charge in [-0.3, -0.25) is 0 Å². The van der Waals surface area contributed by atoms with Gasteiger partial charge in [0.1, 0.15) is 0 Å². The second-order valence-corrected chi connectivity index (χ2v) is 9.45. The van der Waals surface area contributed by atoms with E-state index in [0.717, 1.165) is 71.4 Å². The Hall–Kier alpha value is -0.240. The average molecular weight is 368 g/mol. The van der Waals surface area contributed by atoms with Crippen LogP contribution in [0.3, 0.4) is 0 Å². The Kier molecular flexibility index (Phi) is 4.38. The zero-order valence-electron chi connectivity index (χ0n) is 15.5. The highest BCUT2D eigenvalue weighted by atomic mass is 16.6. The molecule has 148 valence electrons. The molecule has 0 spiro atoms. The Balaban J connectivity index is 1.59. The Morgan fingerprint density at radius 2 is 1.00 bits per heavy atom. The molecule has 2 N–H and O–H groups in total. The number of ether oxygens (including phenoxy) is 4. The predicted molar refractivity (Wildman–Crippen MR) is 92.7 cm³/mol. The third-order valence-electron chi connectivity index (χ3n) is 7.94. The van der Waals surface area contributed by atoms with Crippen LogP contribution in [0.25, 0.3) is 0 Å². The van der Waals surface area contributed by atoms with Crippen LogP contribution in [0, 0.1) is 16.2 Å². The zero-order chi connectivity index (χ0) is 17.8. The first-order valence-electron chi connectivity index (χ1n) is 10.3. The van der Waals surface area contributed by atoms with Gasteiger partial charge in [-0.05, 0) is 49.4 Å². The molecule has 6 heteroatoms. The van der Waals surface area contributed by atoms with Crippen LogP contribution >= 0.6 is 0 Å². The number of hydrogen-bond acceptors (Lipinski definition) is 6. The van der Waals surface area contributed by atoms with Crippen LogP contribution < -0.4 is 0 Å². The summed E-state index contributed by atoms with van der Waals surface area (Å²) >= 11 is 0. The molecule has 1 saturated carbocycles. The maximum Gasteiger partial charge on any atom is 0.0815 e. The van der Waals surface area contributed by atoms with E-state index < -0.39 is 5.41 Å². The van der Waals surface area contributed by atoms with E-state index in [1.54, 1.807) is 0 Å². The maximum atomic E-state index is 10.6. The largest absolute Gasteiger partial charge is 0.396 e. The molecule has 4 heterocycles. The molecule has 0 amide bonds. The Morgan fingerprint density at radius 3 is 1.38 bits per heavy atom. The van der Waals surface area contributed by atoms with Crippen LogP contribution in [0.4, 0.5) is 0 Å². The van der Waals surface area contributed by atoms with Crippen molar-refractivity contribution < 1.29 is 29.2 Å². The minimum Gasteiger partial charge on any atom is -0.396 e. The Morgan fingerprint density at radius 1 is 0.615 bits per heavy atom. The number of aliphatic hydroxyl groups is 2. The van der Waals surface area contributed by atoms with E-state index in [-0.39, 0.29) is 36.3 Å². The molecule has 4 aliphatic heterocycles. The molecule has 0 aromatic rings. The van der Waals surface area contributed by atoms with Gasteiger partial charge in [0.25, 0.3) is 0 Å². The lowest BCUT2D eigenvalue weighted by atomic mass is 9.40. The fourth-order valence-electron chi connectivity index (χ4n) is 6.34. The molecule has 26 heavy (non-hydrogen) atoms. The summed E-state index contributed by atoms with van der Waals surface area (Å²) in [4.78, 5) is 0. The van der Waals surface area contributed by atoms with Crippen molar-refractivity contribution in [3.05, 3.63) is 0 Å². The second kappa shape index (κ2) is 6.39. The molecule has 5 aliphatic rings. The fourth-order valence-corrected chi connectivity index (χ4v) is 6.34. The molecule has 4 unspecified atom stereocenters. The summed E-state index contributed by atoms with van der Waals surface area (Å²) in [5, 5.41) is 21.1. The van der Waals surface area contributed by atoms with Crippen LogP contribution in [-0.4, -0.2) is 74.3 Å². The molecule has 1 aliphatic carbocycles. The lowest BCUT2D eigenvalue weighted by molar-refractivity contribution is -0.193. The van der Waals surface area contributed by atoms with Crippen molar-refractivity contribution in [3.8, 4) is 0 Å². The first kappa shape index (κ1) is 17.8. The number of aliphatic hydroxyl groups excluding tert-OH is 2. The summed E-state index contributed by atoms with van der Waals surface area (Å²) in [5.41, 5.74) is -0.661. The number of epoxide rings is 4. The van der Waals surface area contributed by atoms with Crippen LogP contribution in [0.5, 0.6) is 0 Å². The molecular weight excluding hydrogens is 336 g/mol. The smallest absolute Gasteiger partial charge is 0.0815 e. The normalized spacial score (nSPS) is 48.2. The summed E-state index contributed by atoms with van der Waals surface area (Å²) in [7, 11) is 0. The van der Waals surface area contributed by atoms with Crippen molar-refractivity contribution in [3.63, 3.8) is 0 Å². The minimum absolute atomic E-state index is 0.0109. The molecule has 4 atom stereocenters. The third kappa shape index (κ3) is 3.03. The zero-order valence-corrected chi connectivity index (χ0v) is 15.5. The first-order chi connectivity index (χ1) is 12.6. The average Bonchev–Trinajstić information content (AvgIpc) is 3.44. The van der Waals surface area contributed by atoms with Crippen molar-refractivity contribution in [2.75, 3.05) is 39.6 Å². The second-order valence-electron chi connectivity index (χ2n) is 9.45. The van der Waals surface area contributed by atoms with E-state index in [2.05, 4.69) is 0 Å². The SMILES string of the molecule is OCC1(CO)CCCC(CC2CO2)(CC2CO2)C1(CC1CO1)CC1CO1. The monoisotopic (exact) mass is 368 g/mol. The Labute approximate surface area is 155 Å². The van der Waals surface area contributed by atoms with Gasteiger partial charge >= 0.3 is 0 Å². The van der Waals surface area contributed by atoms with Crippen molar-refractivity contribution in [1.29, 1.82) is 0 Å². The molecule has 0 bridgehead atoms. The lowest BCUT2D eigenvalue weighted by Crippen LogP contribution is -2.61. The van der Waals surface area contributed by atoms with E-state index >= 15 is 0 Å². The van der Waals surface area contributed by atoms with Gasteiger partial charge in [0.05, 0.1) is 64.1 Å². The maximum absolute atomic E-state index is 10.6. The molecule has 0 radical (unpaired) electrons. The van der Waals surface area contributed by atoms with Gasteiger partial charge in [0.2, 0.25) is 0 Å². The molecule has 5 rings (SSSR count). The van der Waals surface area contributed by atoms with Crippen LogP contribution in [0.15, 0.2) is 0 Å². The number of hydrogen-bond donors (Lipinski definition) is 2. The highest BCUT2D eigenvalue weighted by molar-refractivity contribution is 5.15. The lowest BCUT2D eigenvalue weighted by Gasteiger charge is -2.64. The summed E-state index contributed by atoms with van der Waals surface area (Å²) < 4.78 is 22.7. The van der Waals surface area contributed by atoms with Crippen LogP contribution in [0.1, 0.15) is 44.9 Å². The number of rotatable bonds is 10. The topological polar surface area (TPSA) is 90.6 Å². The summed E-state index contributed by atoms with van der Waals surface area (Å²) in [6.45, 7) is 3.35. The molecule has 5 fully saturated rings. The molecular formula is C20H32O6. The summed E-state index contributed by atoms with van der Waals surface area (Å²) in [6, 6.07) is 0. The quantitative estimate of drug-likeness (QED) is 0.565. The van der Waals surface area contributed by atoms with Gasteiger partial charge in [0.15, 0.2) is 0 Å². The van der Waals surface area contributed by atoms with Gasteiger partial charge in [-0.1, -0.05) is 6.42 Å². The van der Waals surface area contributed by atoms with Gasteiger partial charge < -0.3 is 29.2 Å². The van der Waals surface area contributed by atoms with Crippen molar-refractivity contribution in [2.45, 2.75) is 69.4 Å². The Bertz CT molecular complexity index is 488. The van der Waals surface area contributed by atoms with Crippen LogP contribution in [-0.2, 0) is 18.9 Å². The van der Waals surface area contributed by atoms with Crippen LogP contribution in [0.2, 0.25) is 0 Å². The molecule has 4 saturated heterocycles. The molecule has 0 aromatic heterocycles. The van der Waals surface area contributed by atoms with Crippen molar-refractivity contribution in [2.24, 2.45) is 16.2 Å². The molecule has 0 aromatic carbocycles. The third-order valence-corrected chi connectivity index (χ3v) is 7.94. The minimum atomic E-state index is -0.479. The standard InChI is InChI=1S/C20H32O6/c21-12-19(13-22)3-1-2-18(4-14-8-23-14,5-15-9-24-15)20(19,6-16-10-25-16)7-17-11-26-17/h14-17,21-22H,1-13H2. The van der Waals surface area contributed by atoms with E-state index in [4.69, 9.17) is 18.9 Å². The van der Waals surface area contributed by atoms with Gasteiger partial charge in [0, 0.05) is 5.41 Å². The highest BCUT2D eigenvalue weighted by Crippen LogP contribution is 2.69. The molecule has 6 nitrogen and oxygen atoms in total. The van der Waals surface area contributed by atoms with Gasteiger partial charge in [-0.25, -0.2) is 0 Å². The van der Waals surface area contributed by atoms with E-state index in [1.807, 2.05) is 0 Å². The van der Waals surface area contributed by atoms with Gasteiger partial charge in [-0.15, -0.1) is 0 Å². The first-order valence-corrected chi connectivity index (χ1v) is 10.3. The fraction of sp³-hybridized carbons (Fsp3) is 1.00. The predicted octanol–water partition coefficient (Wildman–Crippen LogP) is 1.27. The van der Waals surface area contributed by atoms with E-state index in [0.29, 0.717) is 12.2 Å². The van der Waals surface area contributed by atoms with E-state index in [1.165, 1.54) is 0 Å². The van der Waals surface area contributed by atoms with E-state index in [9.17, 15) is 10.2 Å². The highest BCUT2D eigenvalue weighted by Gasteiger charge is 2.67. The van der Waals surface area contributed by atoms with Crippen molar-refractivity contribution >= 4 is 0 Å². The van der Waals surface area contributed by atoms with Gasteiger partial charge in [-0.2, -0.15) is 0 Å².